The summed E-state index contributed by atoms with van der Waals surface area (Å²) in [6, 6.07) is 4.76. The number of carbonyl (C=O) groups excluding carboxylic acids is 1. The molecule has 0 radical (unpaired) electrons. The molecule has 2 unspecified atom stereocenters. The summed E-state index contributed by atoms with van der Waals surface area (Å²) in [5, 5.41) is 12.0. The van der Waals surface area contributed by atoms with Gasteiger partial charge in [0.15, 0.2) is 11.5 Å². The first-order valence-electron chi connectivity index (χ1n) is 7.60. The first-order valence-corrected chi connectivity index (χ1v) is 7.60. The molecule has 6 nitrogen and oxygen atoms in total. The molecule has 0 bridgehead atoms. The minimum Gasteiger partial charge on any atom is -0.493 e. The maximum Gasteiger partial charge on any atom is 0.317 e. The number of rotatable bonds is 6. The first kappa shape index (κ1) is 17.3. The second-order valence-electron chi connectivity index (χ2n) is 5.46. The number of urea groups is 1. The van der Waals surface area contributed by atoms with Crippen molar-refractivity contribution in [1.29, 1.82) is 0 Å². The van der Waals surface area contributed by atoms with Gasteiger partial charge in [0.2, 0.25) is 0 Å². The number of amides is 2. The van der Waals surface area contributed by atoms with E-state index in [1.807, 2.05) is 12.1 Å². The smallest absolute Gasteiger partial charge is 0.317 e. The second kappa shape index (κ2) is 8.01. The van der Waals surface area contributed by atoms with Crippen LogP contribution in [0.3, 0.4) is 0 Å². The Labute approximate surface area is 135 Å². The molecule has 0 aliphatic carbocycles. The Balaban J connectivity index is 1.91. The van der Waals surface area contributed by atoms with Gasteiger partial charge in [-0.3, -0.25) is 0 Å². The van der Waals surface area contributed by atoms with Crippen molar-refractivity contribution in [3.05, 3.63) is 23.8 Å². The zero-order valence-corrected chi connectivity index (χ0v) is 13.4. The van der Waals surface area contributed by atoms with Gasteiger partial charge in [0.05, 0.1) is 33.4 Å². The van der Waals surface area contributed by atoms with E-state index in [2.05, 4.69) is 5.32 Å². The number of nitrogens with zero attached hydrogens (tertiary/aromatic N) is 1. The van der Waals surface area contributed by atoms with Crippen LogP contribution in [0.1, 0.15) is 12.0 Å². The van der Waals surface area contributed by atoms with Crippen molar-refractivity contribution in [2.45, 2.75) is 25.1 Å². The highest BCUT2D eigenvalue weighted by Crippen LogP contribution is 2.30. The summed E-state index contributed by atoms with van der Waals surface area (Å²) >= 11 is 0. The average Bonchev–Trinajstić information content (AvgIpc) is 2.95. The number of carbonyl (C=O) groups is 1. The number of halogens is 1. The van der Waals surface area contributed by atoms with Crippen LogP contribution in [-0.2, 0) is 6.42 Å². The molecule has 128 valence electrons. The van der Waals surface area contributed by atoms with Crippen LogP contribution in [0.25, 0.3) is 0 Å². The summed E-state index contributed by atoms with van der Waals surface area (Å²) in [5.41, 5.74) is 0.913. The number of nitrogens with one attached hydrogen (secondary N) is 1. The van der Waals surface area contributed by atoms with Crippen molar-refractivity contribution >= 4 is 6.03 Å². The van der Waals surface area contributed by atoms with Crippen molar-refractivity contribution < 1.29 is 23.8 Å². The van der Waals surface area contributed by atoms with E-state index in [-0.39, 0.29) is 25.6 Å². The van der Waals surface area contributed by atoms with E-state index in [4.69, 9.17) is 9.47 Å². The van der Waals surface area contributed by atoms with E-state index in [1.54, 1.807) is 20.3 Å². The maximum atomic E-state index is 13.4. The van der Waals surface area contributed by atoms with Crippen LogP contribution >= 0.6 is 0 Å². The number of para-hydroxylation sites is 1. The summed E-state index contributed by atoms with van der Waals surface area (Å²) in [5.74, 6) is 1.28. The van der Waals surface area contributed by atoms with Crippen LogP contribution in [0.2, 0.25) is 0 Å². The van der Waals surface area contributed by atoms with Crippen LogP contribution in [0, 0.1) is 0 Å². The second-order valence-corrected chi connectivity index (χ2v) is 5.46. The van der Waals surface area contributed by atoms with E-state index >= 15 is 0 Å². The van der Waals surface area contributed by atoms with Crippen molar-refractivity contribution in [3.8, 4) is 11.5 Å². The average molecular weight is 326 g/mol. The molecule has 0 spiro atoms. The quantitative estimate of drug-likeness (QED) is 0.828. The van der Waals surface area contributed by atoms with Crippen molar-refractivity contribution in [2.24, 2.45) is 0 Å². The van der Waals surface area contributed by atoms with Crippen molar-refractivity contribution in [2.75, 3.05) is 33.9 Å². The molecule has 0 saturated carbocycles. The van der Waals surface area contributed by atoms with Crippen LogP contribution in [-0.4, -0.2) is 62.2 Å². The van der Waals surface area contributed by atoms with E-state index in [0.717, 1.165) is 5.56 Å². The monoisotopic (exact) mass is 326 g/mol. The highest BCUT2D eigenvalue weighted by Gasteiger charge is 2.34. The molecule has 1 heterocycles. The van der Waals surface area contributed by atoms with Gasteiger partial charge in [-0.2, -0.15) is 0 Å². The molecule has 2 amide bonds. The first-order chi connectivity index (χ1) is 11.1. The van der Waals surface area contributed by atoms with Crippen LogP contribution in [0.5, 0.6) is 11.5 Å². The molecule has 2 rings (SSSR count). The van der Waals surface area contributed by atoms with Gasteiger partial charge >= 0.3 is 6.03 Å². The van der Waals surface area contributed by atoms with E-state index in [0.29, 0.717) is 24.5 Å². The Morgan fingerprint density at radius 1 is 1.43 bits per heavy atom. The highest BCUT2D eigenvalue weighted by atomic mass is 19.1. The molecule has 1 saturated heterocycles. The summed E-state index contributed by atoms with van der Waals surface area (Å²) in [7, 11) is 3.14. The molecule has 0 aromatic heterocycles. The molecule has 1 aliphatic heterocycles. The lowest BCUT2D eigenvalue weighted by molar-refractivity contribution is 0.157. The number of alkyl halides is 1. The van der Waals surface area contributed by atoms with Gasteiger partial charge in [0, 0.05) is 13.0 Å². The van der Waals surface area contributed by atoms with Gasteiger partial charge in [-0.1, -0.05) is 12.1 Å². The number of methoxy groups -OCH3 is 2. The number of hydrogen-bond donors (Lipinski definition) is 2. The number of benzene rings is 1. The molecule has 1 aliphatic rings. The van der Waals surface area contributed by atoms with Gasteiger partial charge < -0.3 is 24.8 Å². The Bertz CT molecular complexity index is 541. The molecule has 23 heavy (non-hydrogen) atoms. The minimum atomic E-state index is -1.07. The zero-order valence-electron chi connectivity index (χ0n) is 13.4. The minimum absolute atomic E-state index is 0.0273. The third-order valence-electron chi connectivity index (χ3n) is 3.99. The molecule has 1 aromatic carbocycles. The highest BCUT2D eigenvalue weighted by molar-refractivity contribution is 5.75. The van der Waals surface area contributed by atoms with Crippen LogP contribution in [0.4, 0.5) is 9.18 Å². The third-order valence-corrected chi connectivity index (χ3v) is 3.99. The SMILES string of the molecule is COc1cccc(CCNC(=O)N2CC(F)CC2CO)c1OC. The largest absolute Gasteiger partial charge is 0.493 e. The molecule has 7 heteroatoms. The number of likely N-dealkylation sites (tertiary alicyclic amines) is 1. The van der Waals surface area contributed by atoms with Crippen molar-refractivity contribution in [1.82, 2.24) is 10.2 Å². The molecule has 2 atom stereocenters. The van der Waals surface area contributed by atoms with Gasteiger partial charge in [0.1, 0.15) is 6.17 Å². The van der Waals surface area contributed by atoms with Gasteiger partial charge in [-0.15, -0.1) is 0 Å². The number of aliphatic hydroxyl groups is 1. The number of ether oxygens (including phenoxy) is 2. The predicted octanol–water partition coefficient (Wildman–Crippen LogP) is 1.36. The lowest BCUT2D eigenvalue weighted by atomic mass is 10.1. The molecular formula is C16H23FN2O4. The molecule has 1 fully saturated rings. The fraction of sp³-hybridized carbons (Fsp3) is 0.562. The molecule has 1 aromatic rings. The Hall–Kier alpha value is -2.02. The summed E-state index contributed by atoms with van der Waals surface area (Å²) in [6.07, 6.45) is -0.326. The Kier molecular flexibility index (Phi) is 6.04. The van der Waals surface area contributed by atoms with Crippen LogP contribution < -0.4 is 14.8 Å². The normalized spacial score (nSPS) is 20.4. The van der Waals surface area contributed by atoms with E-state index in [1.165, 1.54) is 4.90 Å². The lowest BCUT2D eigenvalue weighted by Gasteiger charge is -2.23. The standard InChI is InChI=1S/C16H23FN2O4/c1-22-14-5-3-4-11(15(14)23-2)6-7-18-16(21)19-9-12(17)8-13(19)10-20/h3-5,12-13,20H,6-10H2,1-2H3,(H,18,21). The summed E-state index contributed by atoms with van der Waals surface area (Å²) in [4.78, 5) is 13.5. The van der Waals surface area contributed by atoms with Crippen LogP contribution in [0.15, 0.2) is 18.2 Å². The fourth-order valence-electron chi connectivity index (χ4n) is 2.84. The maximum absolute atomic E-state index is 13.4. The molecular weight excluding hydrogens is 303 g/mol. The number of aliphatic hydroxyl groups excluding tert-OH is 1. The van der Waals surface area contributed by atoms with Crippen molar-refractivity contribution in [3.63, 3.8) is 0 Å². The molecule has 2 N–H and O–H groups in total. The summed E-state index contributed by atoms with van der Waals surface area (Å²) in [6.45, 7) is 0.186. The predicted molar refractivity (Wildman–Crippen MR) is 83.7 cm³/mol. The third kappa shape index (κ3) is 4.04. The lowest BCUT2D eigenvalue weighted by Crippen LogP contribution is -2.45. The van der Waals surface area contributed by atoms with Gasteiger partial charge in [-0.05, 0) is 18.1 Å². The number of hydrogen-bond acceptors (Lipinski definition) is 4. The van der Waals surface area contributed by atoms with Gasteiger partial charge in [-0.25, -0.2) is 9.18 Å². The summed E-state index contributed by atoms with van der Waals surface area (Å²) < 4.78 is 24.0. The Morgan fingerprint density at radius 3 is 2.87 bits per heavy atom. The van der Waals surface area contributed by atoms with Gasteiger partial charge in [0.25, 0.3) is 0 Å². The van der Waals surface area contributed by atoms with E-state index < -0.39 is 12.2 Å². The fourth-order valence-corrected chi connectivity index (χ4v) is 2.84. The zero-order chi connectivity index (χ0) is 16.8. The Morgan fingerprint density at radius 2 is 2.22 bits per heavy atom. The van der Waals surface area contributed by atoms with E-state index in [9.17, 15) is 14.3 Å². The topological polar surface area (TPSA) is 71.0 Å².